The number of hydrogen-bond acceptors (Lipinski definition) is 2. The lowest BCUT2D eigenvalue weighted by atomic mass is 9.70. The first-order chi connectivity index (χ1) is 11.2. The SMILES string of the molecule is O=C1NC(CC2CCC2)(c2ccccc2)c2cc(Cl)ccc2O1. The number of ether oxygens (including phenoxy) is 1. The van der Waals surface area contributed by atoms with E-state index in [1.807, 2.05) is 24.3 Å². The predicted octanol–water partition coefficient (Wildman–Crippen LogP) is 4.88. The van der Waals surface area contributed by atoms with Crippen LogP contribution in [0.3, 0.4) is 0 Å². The first-order valence-corrected chi connectivity index (χ1v) is 8.41. The van der Waals surface area contributed by atoms with Gasteiger partial charge in [0.25, 0.3) is 0 Å². The van der Waals surface area contributed by atoms with Crippen molar-refractivity contribution >= 4 is 17.7 Å². The average Bonchev–Trinajstić information content (AvgIpc) is 2.52. The van der Waals surface area contributed by atoms with Gasteiger partial charge in [0.1, 0.15) is 5.75 Å². The summed E-state index contributed by atoms with van der Waals surface area (Å²) in [5.74, 6) is 1.21. The molecule has 0 bridgehead atoms. The van der Waals surface area contributed by atoms with Gasteiger partial charge in [0.05, 0.1) is 5.54 Å². The second-order valence-electron chi connectivity index (χ2n) is 6.43. The van der Waals surface area contributed by atoms with Gasteiger partial charge in [0.15, 0.2) is 0 Å². The van der Waals surface area contributed by atoms with Gasteiger partial charge in [0.2, 0.25) is 0 Å². The Kier molecular flexibility index (Phi) is 3.53. The summed E-state index contributed by atoms with van der Waals surface area (Å²) in [5.41, 5.74) is 1.46. The zero-order valence-corrected chi connectivity index (χ0v) is 13.5. The molecule has 2 aliphatic rings. The highest BCUT2D eigenvalue weighted by Gasteiger charge is 2.44. The van der Waals surface area contributed by atoms with Gasteiger partial charge in [-0.25, -0.2) is 4.79 Å². The second kappa shape index (κ2) is 5.57. The van der Waals surface area contributed by atoms with Crippen LogP contribution in [-0.4, -0.2) is 6.09 Å². The highest BCUT2D eigenvalue weighted by Crippen LogP contribution is 2.47. The van der Waals surface area contributed by atoms with Crippen LogP contribution >= 0.6 is 11.6 Å². The van der Waals surface area contributed by atoms with Crippen LogP contribution in [0.1, 0.15) is 36.8 Å². The molecule has 2 aromatic carbocycles. The molecule has 1 N–H and O–H groups in total. The lowest BCUT2D eigenvalue weighted by Crippen LogP contribution is -2.52. The summed E-state index contributed by atoms with van der Waals surface area (Å²) >= 11 is 6.24. The summed E-state index contributed by atoms with van der Waals surface area (Å²) in [6.07, 6.45) is 4.16. The van der Waals surface area contributed by atoms with Crippen molar-refractivity contribution < 1.29 is 9.53 Å². The Morgan fingerprint density at radius 3 is 2.65 bits per heavy atom. The largest absolute Gasteiger partial charge is 0.413 e. The van der Waals surface area contributed by atoms with E-state index in [1.54, 1.807) is 12.1 Å². The topological polar surface area (TPSA) is 38.3 Å². The van der Waals surface area contributed by atoms with Crippen molar-refractivity contribution in [2.24, 2.45) is 5.92 Å². The first kappa shape index (κ1) is 14.6. The van der Waals surface area contributed by atoms with E-state index in [-0.39, 0.29) is 0 Å². The van der Waals surface area contributed by atoms with Crippen LogP contribution in [0.25, 0.3) is 0 Å². The van der Waals surface area contributed by atoms with Crippen molar-refractivity contribution in [1.29, 1.82) is 0 Å². The van der Waals surface area contributed by atoms with Gasteiger partial charge in [-0.15, -0.1) is 0 Å². The lowest BCUT2D eigenvalue weighted by molar-refractivity contribution is 0.157. The van der Waals surface area contributed by atoms with Crippen LogP contribution in [0.15, 0.2) is 48.5 Å². The molecule has 1 fully saturated rings. The highest BCUT2D eigenvalue weighted by atomic mass is 35.5. The van der Waals surface area contributed by atoms with Crippen molar-refractivity contribution in [3.8, 4) is 5.75 Å². The molecular weight excluding hydrogens is 310 g/mol. The van der Waals surface area contributed by atoms with Crippen molar-refractivity contribution in [2.75, 3.05) is 0 Å². The van der Waals surface area contributed by atoms with E-state index in [0.717, 1.165) is 17.5 Å². The monoisotopic (exact) mass is 327 g/mol. The molecule has 0 spiro atoms. The van der Waals surface area contributed by atoms with Crippen LogP contribution in [0.4, 0.5) is 4.79 Å². The molecule has 0 radical (unpaired) electrons. The molecule has 1 amide bonds. The Balaban J connectivity index is 1.91. The van der Waals surface area contributed by atoms with Gasteiger partial charge in [-0.1, -0.05) is 61.2 Å². The average molecular weight is 328 g/mol. The number of nitrogens with one attached hydrogen (secondary N) is 1. The van der Waals surface area contributed by atoms with E-state index < -0.39 is 11.6 Å². The molecule has 1 heterocycles. The summed E-state index contributed by atoms with van der Waals surface area (Å²) in [4.78, 5) is 12.2. The van der Waals surface area contributed by atoms with Crippen LogP contribution in [-0.2, 0) is 5.54 Å². The van der Waals surface area contributed by atoms with E-state index in [0.29, 0.717) is 16.7 Å². The number of carbonyl (C=O) groups excluding carboxylic acids is 1. The minimum absolute atomic E-state index is 0.400. The molecule has 1 aliphatic heterocycles. The molecule has 118 valence electrons. The van der Waals surface area contributed by atoms with Gasteiger partial charge in [-0.05, 0) is 36.1 Å². The van der Waals surface area contributed by atoms with Crippen molar-refractivity contribution in [3.05, 3.63) is 64.7 Å². The number of hydrogen-bond donors (Lipinski definition) is 1. The minimum Gasteiger partial charge on any atom is -0.410 e. The normalized spacial score (nSPS) is 23.4. The van der Waals surface area contributed by atoms with Gasteiger partial charge < -0.3 is 10.1 Å². The number of fused-ring (bicyclic) bond motifs is 1. The Morgan fingerprint density at radius 2 is 1.96 bits per heavy atom. The number of rotatable bonds is 3. The van der Waals surface area contributed by atoms with E-state index in [1.165, 1.54) is 19.3 Å². The number of amides is 1. The third-order valence-corrected chi connectivity index (χ3v) is 5.24. The molecule has 0 saturated heterocycles. The van der Waals surface area contributed by atoms with E-state index in [9.17, 15) is 4.79 Å². The summed E-state index contributed by atoms with van der Waals surface area (Å²) in [5, 5.41) is 3.76. The number of benzene rings is 2. The molecule has 4 rings (SSSR count). The molecule has 1 unspecified atom stereocenters. The molecule has 1 atom stereocenters. The lowest BCUT2D eigenvalue weighted by Gasteiger charge is -2.43. The zero-order valence-electron chi connectivity index (χ0n) is 12.7. The Labute approximate surface area is 140 Å². The van der Waals surface area contributed by atoms with Crippen LogP contribution < -0.4 is 10.1 Å². The third-order valence-electron chi connectivity index (χ3n) is 5.01. The Hall–Kier alpha value is -2.00. The fourth-order valence-electron chi connectivity index (χ4n) is 3.65. The highest BCUT2D eigenvalue weighted by molar-refractivity contribution is 6.30. The number of carbonyl (C=O) groups is 1. The Morgan fingerprint density at radius 1 is 1.17 bits per heavy atom. The quantitative estimate of drug-likeness (QED) is 0.872. The smallest absolute Gasteiger partial charge is 0.410 e. The Bertz CT molecular complexity index is 742. The maximum atomic E-state index is 12.2. The second-order valence-corrected chi connectivity index (χ2v) is 6.86. The molecule has 2 aromatic rings. The van der Waals surface area contributed by atoms with E-state index in [4.69, 9.17) is 16.3 Å². The minimum atomic E-state index is -0.568. The third kappa shape index (κ3) is 2.49. The summed E-state index contributed by atoms with van der Waals surface area (Å²) in [7, 11) is 0. The maximum Gasteiger partial charge on any atom is 0.413 e. The predicted molar refractivity (Wildman–Crippen MR) is 89.8 cm³/mol. The fraction of sp³-hybridized carbons (Fsp3) is 0.316. The van der Waals surface area contributed by atoms with Gasteiger partial charge in [-0.2, -0.15) is 0 Å². The summed E-state index contributed by atoms with van der Waals surface area (Å²) in [6, 6.07) is 15.6. The molecule has 3 nitrogen and oxygen atoms in total. The standard InChI is InChI=1S/C19H18ClNO2/c20-15-9-10-17-16(11-15)19(21-18(22)23-17,12-13-5-4-6-13)14-7-2-1-3-8-14/h1-3,7-11,13H,4-6,12H2,(H,21,22). The molecule has 1 saturated carbocycles. The number of halogens is 1. The van der Waals surface area contributed by atoms with Crippen molar-refractivity contribution in [3.63, 3.8) is 0 Å². The van der Waals surface area contributed by atoms with Crippen LogP contribution in [0, 0.1) is 5.92 Å². The fourth-order valence-corrected chi connectivity index (χ4v) is 3.82. The summed E-state index contributed by atoms with van der Waals surface area (Å²) < 4.78 is 5.39. The maximum absolute atomic E-state index is 12.2. The zero-order chi connectivity index (χ0) is 15.9. The molecule has 0 aromatic heterocycles. The summed E-state index contributed by atoms with van der Waals surface area (Å²) in [6.45, 7) is 0. The molecule has 1 aliphatic carbocycles. The van der Waals surface area contributed by atoms with Crippen molar-refractivity contribution in [1.82, 2.24) is 5.32 Å². The first-order valence-electron chi connectivity index (χ1n) is 8.03. The molecule has 23 heavy (non-hydrogen) atoms. The van der Waals surface area contributed by atoms with E-state index in [2.05, 4.69) is 17.4 Å². The van der Waals surface area contributed by atoms with Crippen LogP contribution in [0.2, 0.25) is 5.02 Å². The molecule has 4 heteroatoms. The van der Waals surface area contributed by atoms with Gasteiger partial charge in [0, 0.05) is 10.6 Å². The van der Waals surface area contributed by atoms with E-state index >= 15 is 0 Å². The van der Waals surface area contributed by atoms with Gasteiger partial charge >= 0.3 is 6.09 Å². The van der Waals surface area contributed by atoms with Crippen molar-refractivity contribution in [2.45, 2.75) is 31.2 Å². The van der Waals surface area contributed by atoms with Crippen LogP contribution in [0.5, 0.6) is 5.75 Å². The molecular formula is C19H18ClNO2. The van der Waals surface area contributed by atoms with Gasteiger partial charge in [-0.3, -0.25) is 0 Å².